The Kier molecular flexibility index (Phi) is 18.6. The Labute approximate surface area is 126 Å². The van der Waals surface area contributed by atoms with Crippen LogP contribution < -0.4 is 5.14 Å². The van der Waals surface area contributed by atoms with Crippen LogP contribution >= 0.6 is 11.9 Å². The lowest BCUT2D eigenvalue weighted by Gasteiger charge is -2.03. The molecule has 1 nitrogen and oxygen atoms in total. The van der Waals surface area contributed by atoms with E-state index in [2.05, 4.69) is 6.92 Å². The number of hydrogen-bond acceptors (Lipinski definition) is 2. The molecule has 0 spiro atoms. The fourth-order valence-corrected chi connectivity index (χ4v) is 2.93. The van der Waals surface area contributed by atoms with Crippen molar-refractivity contribution in [3.63, 3.8) is 0 Å². The molecule has 0 fully saturated rings. The van der Waals surface area contributed by atoms with Gasteiger partial charge in [0.05, 0.1) is 0 Å². The summed E-state index contributed by atoms with van der Waals surface area (Å²) >= 11 is 1.49. The lowest BCUT2D eigenvalue weighted by Crippen LogP contribution is -1.86. The molecule has 0 aliphatic carbocycles. The molecule has 0 aliphatic heterocycles. The highest BCUT2D eigenvalue weighted by atomic mass is 32.2. The van der Waals surface area contributed by atoms with Crippen LogP contribution in [0.3, 0.4) is 0 Å². The van der Waals surface area contributed by atoms with Crippen molar-refractivity contribution in [2.24, 2.45) is 5.14 Å². The van der Waals surface area contributed by atoms with Crippen molar-refractivity contribution in [1.82, 2.24) is 0 Å². The van der Waals surface area contributed by atoms with Gasteiger partial charge in [0.1, 0.15) is 0 Å². The Morgan fingerprint density at radius 3 is 1.16 bits per heavy atom. The Bertz CT molecular complexity index is 134. The summed E-state index contributed by atoms with van der Waals surface area (Å²) in [6.07, 6.45) is 21.5. The van der Waals surface area contributed by atoms with Gasteiger partial charge < -0.3 is 0 Å². The minimum Gasteiger partial charge on any atom is -0.278 e. The van der Waals surface area contributed by atoms with Crippen LogP contribution in [0.2, 0.25) is 0 Å². The minimum absolute atomic E-state index is 1.14. The van der Waals surface area contributed by atoms with Gasteiger partial charge in [0.25, 0.3) is 0 Å². The number of rotatable bonds is 16. The Hall–Kier alpha value is 0.310. The van der Waals surface area contributed by atoms with Gasteiger partial charge in [-0.05, 0) is 6.42 Å². The first-order valence-corrected chi connectivity index (χ1v) is 9.78. The van der Waals surface area contributed by atoms with E-state index >= 15 is 0 Å². The summed E-state index contributed by atoms with van der Waals surface area (Å²) in [6.45, 7) is 2.29. The maximum Gasteiger partial charge on any atom is 0.00764 e. The van der Waals surface area contributed by atoms with E-state index in [0.29, 0.717) is 0 Å². The largest absolute Gasteiger partial charge is 0.278 e. The SMILES string of the molecule is CCCCCCCCCCCCCCCCCSN. The molecule has 2 N–H and O–H groups in total. The highest BCUT2D eigenvalue weighted by Gasteiger charge is 1.94. The van der Waals surface area contributed by atoms with Crippen LogP contribution in [-0.4, -0.2) is 5.75 Å². The van der Waals surface area contributed by atoms with Crippen LogP contribution in [0.4, 0.5) is 0 Å². The molecule has 0 saturated carbocycles. The summed E-state index contributed by atoms with van der Waals surface area (Å²) < 4.78 is 0. The zero-order chi connectivity index (χ0) is 14.0. The standard InChI is InChI=1S/C17H37NS/c1-2-3-4-5-6-7-8-9-10-11-12-13-14-15-16-17-19-18/h2-18H2,1H3. The zero-order valence-corrected chi connectivity index (χ0v) is 14.1. The van der Waals surface area contributed by atoms with E-state index < -0.39 is 0 Å². The van der Waals surface area contributed by atoms with Crippen molar-refractivity contribution >= 4 is 11.9 Å². The maximum atomic E-state index is 5.40. The van der Waals surface area contributed by atoms with Crippen LogP contribution in [0.5, 0.6) is 0 Å². The monoisotopic (exact) mass is 287 g/mol. The second-order valence-corrected chi connectivity index (χ2v) is 6.56. The Morgan fingerprint density at radius 1 is 0.526 bits per heavy atom. The summed E-state index contributed by atoms with van der Waals surface area (Å²) in [4.78, 5) is 0. The average Bonchev–Trinajstić information content (AvgIpc) is 2.43. The average molecular weight is 288 g/mol. The van der Waals surface area contributed by atoms with Gasteiger partial charge in [0, 0.05) is 5.75 Å². The van der Waals surface area contributed by atoms with Crippen LogP contribution in [-0.2, 0) is 0 Å². The van der Waals surface area contributed by atoms with Crippen molar-refractivity contribution in [2.45, 2.75) is 103 Å². The quantitative estimate of drug-likeness (QED) is 0.260. The second kappa shape index (κ2) is 18.3. The molecule has 0 heterocycles. The molecule has 0 rings (SSSR count). The normalized spacial score (nSPS) is 11.1. The fourth-order valence-electron chi connectivity index (χ4n) is 2.56. The third kappa shape index (κ3) is 18.3. The van der Waals surface area contributed by atoms with Crippen molar-refractivity contribution < 1.29 is 0 Å². The Balaban J connectivity index is 2.88. The van der Waals surface area contributed by atoms with E-state index in [1.807, 2.05) is 0 Å². The number of nitrogens with two attached hydrogens (primary N) is 1. The van der Waals surface area contributed by atoms with E-state index in [1.54, 1.807) is 0 Å². The lowest BCUT2D eigenvalue weighted by molar-refractivity contribution is 0.535. The summed E-state index contributed by atoms with van der Waals surface area (Å²) in [5.74, 6) is 1.14. The molecule has 0 radical (unpaired) electrons. The van der Waals surface area contributed by atoms with Gasteiger partial charge in [-0.3, -0.25) is 5.14 Å². The van der Waals surface area contributed by atoms with Gasteiger partial charge >= 0.3 is 0 Å². The highest BCUT2D eigenvalue weighted by Crippen LogP contribution is 2.13. The molecule has 0 unspecified atom stereocenters. The first-order chi connectivity index (χ1) is 9.41. The van der Waals surface area contributed by atoms with E-state index in [0.717, 1.165) is 5.75 Å². The first-order valence-electron chi connectivity index (χ1n) is 8.73. The lowest BCUT2D eigenvalue weighted by atomic mass is 10.0. The zero-order valence-electron chi connectivity index (χ0n) is 13.3. The highest BCUT2D eigenvalue weighted by molar-refractivity contribution is 7.97. The van der Waals surface area contributed by atoms with Gasteiger partial charge in [-0.2, -0.15) is 0 Å². The summed E-state index contributed by atoms with van der Waals surface area (Å²) in [5, 5.41) is 5.40. The second-order valence-electron chi connectivity index (χ2n) is 5.82. The third-order valence-electron chi connectivity index (χ3n) is 3.87. The smallest absolute Gasteiger partial charge is 0.00764 e. The fraction of sp³-hybridized carbons (Fsp3) is 1.00. The summed E-state index contributed by atoms with van der Waals surface area (Å²) in [7, 11) is 0. The molecule has 0 aromatic heterocycles. The van der Waals surface area contributed by atoms with Crippen LogP contribution in [0.25, 0.3) is 0 Å². The van der Waals surface area contributed by atoms with E-state index in [9.17, 15) is 0 Å². The molecule has 0 aromatic carbocycles. The van der Waals surface area contributed by atoms with Crippen molar-refractivity contribution in [3.05, 3.63) is 0 Å². The molecule has 19 heavy (non-hydrogen) atoms. The van der Waals surface area contributed by atoms with Crippen LogP contribution in [0.1, 0.15) is 103 Å². The summed E-state index contributed by atoms with van der Waals surface area (Å²) in [5.41, 5.74) is 0. The van der Waals surface area contributed by atoms with E-state index in [4.69, 9.17) is 5.14 Å². The Morgan fingerprint density at radius 2 is 0.842 bits per heavy atom. The summed E-state index contributed by atoms with van der Waals surface area (Å²) in [6, 6.07) is 0. The van der Waals surface area contributed by atoms with Gasteiger partial charge in [-0.15, -0.1) is 0 Å². The molecule has 116 valence electrons. The topological polar surface area (TPSA) is 26.0 Å². The van der Waals surface area contributed by atoms with Gasteiger partial charge in [-0.1, -0.05) is 109 Å². The number of hydrogen-bond donors (Lipinski definition) is 1. The van der Waals surface area contributed by atoms with Gasteiger partial charge in [0.2, 0.25) is 0 Å². The molecular formula is C17H37NS. The molecule has 0 bridgehead atoms. The molecule has 0 aliphatic rings. The molecule has 2 heteroatoms. The molecule has 0 saturated heterocycles. The first kappa shape index (κ1) is 19.3. The predicted octanol–water partition coefficient (Wildman–Crippen LogP) is 6.46. The maximum absolute atomic E-state index is 5.40. The van der Waals surface area contributed by atoms with Crippen molar-refractivity contribution in [3.8, 4) is 0 Å². The van der Waals surface area contributed by atoms with Crippen LogP contribution in [0.15, 0.2) is 0 Å². The van der Waals surface area contributed by atoms with Crippen molar-refractivity contribution in [2.75, 3.05) is 5.75 Å². The van der Waals surface area contributed by atoms with Crippen molar-refractivity contribution in [1.29, 1.82) is 0 Å². The van der Waals surface area contributed by atoms with E-state index in [-0.39, 0.29) is 0 Å². The molecule has 0 aromatic rings. The van der Waals surface area contributed by atoms with Gasteiger partial charge in [-0.25, -0.2) is 0 Å². The molecule has 0 atom stereocenters. The number of unbranched alkanes of at least 4 members (excludes halogenated alkanes) is 14. The van der Waals surface area contributed by atoms with Gasteiger partial charge in [0.15, 0.2) is 0 Å². The van der Waals surface area contributed by atoms with E-state index in [1.165, 1.54) is 108 Å². The van der Waals surface area contributed by atoms with Crippen LogP contribution in [0, 0.1) is 0 Å². The minimum atomic E-state index is 1.14. The third-order valence-corrected chi connectivity index (χ3v) is 4.39. The molecular weight excluding hydrogens is 250 g/mol. The predicted molar refractivity (Wildman–Crippen MR) is 91.6 cm³/mol. The molecule has 0 amide bonds.